The SMILES string of the molecule is CC(=O)O[C@@H]1[CH][C@@H]2C[C@H]1C[C@H]2OC(=O)c1ccccc1. The van der Waals surface area contributed by atoms with E-state index in [0.29, 0.717) is 5.56 Å². The van der Waals surface area contributed by atoms with Gasteiger partial charge in [-0.25, -0.2) is 4.79 Å². The van der Waals surface area contributed by atoms with Crippen LogP contribution in [-0.2, 0) is 14.3 Å². The Hall–Kier alpha value is -1.84. The molecule has 0 N–H and O–H groups in total. The van der Waals surface area contributed by atoms with Crippen LogP contribution < -0.4 is 0 Å². The molecule has 0 heterocycles. The maximum absolute atomic E-state index is 12.0. The van der Waals surface area contributed by atoms with Crippen molar-refractivity contribution < 1.29 is 19.1 Å². The van der Waals surface area contributed by atoms with E-state index in [-0.39, 0.29) is 36.0 Å². The van der Waals surface area contributed by atoms with Gasteiger partial charge in [0.1, 0.15) is 12.2 Å². The first-order valence-electron chi connectivity index (χ1n) is 6.91. The van der Waals surface area contributed by atoms with E-state index in [9.17, 15) is 9.59 Å². The summed E-state index contributed by atoms with van der Waals surface area (Å²) in [6, 6.07) is 9.01. The van der Waals surface area contributed by atoms with Crippen molar-refractivity contribution in [3.05, 3.63) is 42.3 Å². The van der Waals surface area contributed by atoms with Crippen LogP contribution in [0.15, 0.2) is 30.3 Å². The molecule has 4 atom stereocenters. The van der Waals surface area contributed by atoms with Crippen LogP contribution in [0.25, 0.3) is 0 Å². The average Bonchev–Trinajstić information content (AvgIpc) is 2.98. The Morgan fingerprint density at radius 3 is 2.45 bits per heavy atom. The molecule has 0 aromatic heterocycles. The summed E-state index contributed by atoms with van der Waals surface area (Å²) in [7, 11) is 0. The lowest BCUT2D eigenvalue weighted by atomic mass is 9.95. The van der Waals surface area contributed by atoms with Crippen LogP contribution in [0, 0.1) is 18.3 Å². The van der Waals surface area contributed by atoms with Crippen molar-refractivity contribution >= 4 is 11.9 Å². The van der Waals surface area contributed by atoms with Crippen LogP contribution in [0.4, 0.5) is 0 Å². The number of ether oxygens (including phenoxy) is 2. The van der Waals surface area contributed by atoms with Crippen LogP contribution in [0.5, 0.6) is 0 Å². The molecule has 2 bridgehead atoms. The van der Waals surface area contributed by atoms with Gasteiger partial charge in [0.05, 0.1) is 5.56 Å². The van der Waals surface area contributed by atoms with E-state index >= 15 is 0 Å². The van der Waals surface area contributed by atoms with Crippen LogP contribution in [-0.4, -0.2) is 24.1 Å². The highest BCUT2D eigenvalue weighted by molar-refractivity contribution is 5.89. The monoisotopic (exact) mass is 273 g/mol. The Morgan fingerprint density at radius 1 is 1.10 bits per heavy atom. The molecular weight excluding hydrogens is 256 g/mol. The third-order valence-electron chi connectivity index (χ3n) is 4.06. The first kappa shape index (κ1) is 13.2. The summed E-state index contributed by atoms with van der Waals surface area (Å²) >= 11 is 0. The first-order valence-corrected chi connectivity index (χ1v) is 6.91. The number of esters is 2. The molecule has 20 heavy (non-hydrogen) atoms. The number of rotatable bonds is 3. The van der Waals surface area contributed by atoms with Gasteiger partial charge in [-0.1, -0.05) is 18.2 Å². The fourth-order valence-corrected chi connectivity index (χ4v) is 3.18. The van der Waals surface area contributed by atoms with Gasteiger partial charge < -0.3 is 9.47 Å². The predicted molar refractivity (Wildman–Crippen MR) is 71.7 cm³/mol. The number of carbonyl (C=O) groups excluding carboxylic acids is 2. The maximum Gasteiger partial charge on any atom is 0.338 e. The molecule has 4 heteroatoms. The highest BCUT2D eigenvalue weighted by Gasteiger charge is 2.49. The van der Waals surface area contributed by atoms with E-state index in [1.165, 1.54) is 6.92 Å². The quantitative estimate of drug-likeness (QED) is 0.793. The zero-order valence-electron chi connectivity index (χ0n) is 11.3. The smallest absolute Gasteiger partial charge is 0.338 e. The highest BCUT2D eigenvalue weighted by atomic mass is 16.6. The van der Waals surface area contributed by atoms with Gasteiger partial charge in [0.2, 0.25) is 0 Å². The molecular formula is C16H17O4. The van der Waals surface area contributed by atoms with Gasteiger partial charge in [0.25, 0.3) is 0 Å². The van der Waals surface area contributed by atoms with Crippen LogP contribution in [0.3, 0.4) is 0 Å². The standard InChI is InChI=1S/C16H17O4/c1-10(17)19-14-8-13-7-12(14)9-15(13)20-16(18)11-5-3-2-4-6-11/h2-6,8,12-15H,7,9H2,1H3/t12-,13-,14+,15+/m0/s1. The van der Waals surface area contributed by atoms with Crippen LogP contribution in [0.1, 0.15) is 30.1 Å². The Labute approximate surface area is 118 Å². The van der Waals surface area contributed by atoms with Gasteiger partial charge in [0.15, 0.2) is 0 Å². The molecule has 0 aliphatic heterocycles. The van der Waals surface area contributed by atoms with Gasteiger partial charge in [-0.05, 0) is 25.0 Å². The van der Waals surface area contributed by atoms with Crippen LogP contribution in [0.2, 0.25) is 0 Å². The average molecular weight is 273 g/mol. The van der Waals surface area contributed by atoms with Gasteiger partial charge in [-0.3, -0.25) is 4.79 Å². The molecule has 0 spiro atoms. The van der Waals surface area contributed by atoms with E-state index in [0.717, 1.165) is 12.8 Å². The van der Waals surface area contributed by atoms with Crippen molar-refractivity contribution in [1.29, 1.82) is 0 Å². The predicted octanol–water partition coefficient (Wildman–Crippen LogP) is 2.39. The summed E-state index contributed by atoms with van der Waals surface area (Å²) in [6.45, 7) is 1.42. The summed E-state index contributed by atoms with van der Waals surface area (Å²) in [5.41, 5.74) is 0.576. The van der Waals surface area contributed by atoms with Gasteiger partial charge in [0, 0.05) is 25.2 Å². The number of hydrogen-bond acceptors (Lipinski definition) is 4. The molecule has 2 aliphatic carbocycles. The maximum atomic E-state index is 12.0. The fraction of sp³-hybridized carbons (Fsp3) is 0.438. The minimum Gasteiger partial charge on any atom is -0.462 e. The summed E-state index contributed by atoms with van der Waals surface area (Å²) in [6.07, 6.45) is 3.53. The Kier molecular flexibility index (Phi) is 3.47. The molecule has 2 aliphatic rings. The van der Waals surface area contributed by atoms with Gasteiger partial charge in [-0.2, -0.15) is 0 Å². The van der Waals surface area contributed by atoms with E-state index in [2.05, 4.69) is 0 Å². The molecule has 2 saturated carbocycles. The lowest BCUT2D eigenvalue weighted by Gasteiger charge is -2.27. The number of hydrogen-bond donors (Lipinski definition) is 0. The molecule has 4 nitrogen and oxygen atoms in total. The van der Waals surface area contributed by atoms with E-state index < -0.39 is 0 Å². The first-order chi connectivity index (χ1) is 9.63. The number of fused-ring (bicyclic) bond motifs is 2. The van der Waals surface area contributed by atoms with E-state index in [1.54, 1.807) is 12.1 Å². The summed E-state index contributed by atoms with van der Waals surface area (Å²) in [5.74, 6) is -0.0355. The molecule has 1 aromatic carbocycles. The van der Waals surface area contributed by atoms with E-state index in [4.69, 9.17) is 9.47 Å². The van der Waals surface area contributed by atoms with Crippen molar-refractivity contribution in [1.82, 2.24) is 0 Å². The number of carbonyl (C=O) groups is 2. The van der Waals surface area contributed by atoms with Gasteiger partial charge >= 0.3 is 11.9 Å². The zero-order valence-corrected chi connectivity index (χ0v) is 11.3. The molecule has 0 amide bonds. The Morgan fingerprint density at radius 2 is 1.85 bits per heavy atom. The van der Waals surface area contributed by atoms with Crippen molar-refractivity contribution in [3.8, 4) is 0 Å². The van der Waals surface area contributed by atoms with Crippen LogP contribution >= 0.6 is 0 Å². The van der Waals surface area contributed by atoms with Crippen molar-refractivity contribution in [2.45, 2.75) is 32.0 Å². The molecule has 1 aromatic rings. The minimum absolute atomic E-state index is 0.0838. The molecule has 105 valence electrons. The minimum atomic E-state index is -0.277. The molecule has 0 unspecified atom stereocenters. The normalized spacial score (nSPS) is 31.1. The second-order valence-corrected chi connectivity index (χ2v) is 5.47. The third kappa shape index (κ3) is 2.55. The molecule has 3 rings (SSSR count). The summed E-state index contributed by atoms with van der Waals surface area (Å²) in [5, 5.41) is 0. The Balaban J connectivity index is 1.57. The third-order valence-corrected chi connectivity index (χ3v) is 4.06. The second-order valence-electron chi connectivity index (χ2n) is 5.47. The summed E-state index contributed by atoms with van der Waals surface area (Å²) < 4.78 is 10.8. The second kappa shape index (κ2) is 5.27. The lowest BCUT2D eigenvalue weighted by molar-refractivity contribution is -0.147. The number of benzene rings is 1. The van der Waals surface area contributed by atoms with Gasteiger partial charge in [-0.15, -0.1) is 0 Å². The zero-order chi connectivity index (χ0) is 14.1. The highest BCUT2D eigenvalue weighted by Crippen LogP contribution is 2.47. The fourth-order valence-electron chi connectivity index (χ4n) is 3.18. The van der Waals surface area contributed by atoms with E-state index in [1.807, 2.05) is 24.6 Å². The largest absolute Gasteiger partial charge is 0.462 e. The Bertz CT molecular complexity index is 510. The molecule has 1 radical (unpaired) electrons. The van der Waals surface area contributed by atoms with Crippen molar-refractivity contribution in [2.24, 2.45) is 11.8 Å². The van der Waals surface area contributed by atoms with Crippen molar-refractivity contribution in [2.75, 3.05) is 0 Å². The van der Waals surface area contributed by atoms with Crippen molar-refractivity contribution in [3.63, 3.8) is 0 Å². The topological polar surface area (TPSA) is 52.6 Å². The molecule has 2 fully saturated rings. The summed E-state index contributed by atoms with van der Waals surface area (Å²) in [4.78, 5) is 23.0. The lowest BCUT2D eigenvalue weighted by Crippen LogP contribution is -2.32. The molecule has 0 saturated heterocycles.